The van der Waals surface area contributed by atoms with Crippen LogP contribution >= 0.6 is 11.6 Å². The van der Waals surface area contributed by atoms with Crippen LogP contribution in [0.15, 0.2) is 4.42 Å². The number of aromatic nitrogens is 2. The molecule has 0 aromatic carbocycles. The van der Waals surface area contributed by atoms with E-state index in [4.69, 9.17) is 16.0 Å². The lowest BCUT2D eigenvalue weighted by atomic mass is 9.98. The fourth-order valence-electron chi connectivity index (χ4n) is 2.11. The molecule has 3 nitrogen and oxygen atoms in total. The molecular formula is C10H15ClN2O. The lowest BCUT2D eigenvalue weighted by Crippen LogP contribution is -2.02. The molecule has 0 bridgehead atoms. The average Bonchev–Trinajstić information content (AvgIpc) is 2.74. The van der Waals surface area contributed by atoms with Gasteiger partial charge in [-0.15, -0.1) is 21.8 Å². The third-order valence-electron chi connectivity index (χ3n) is 2.97. The summed E-state index contributed by atoms with van der Waals surface area (Å²) in [6, 6.07) is 0. The fourth-order valence-corrected chi connectivity index (χ4v) is 2.27. The van der Waals surface area contributed by atoms with E-state index < -0.39 is 0 Å². The van der Waals surface area contributed by atoms with Crippen molar-refractivity contribution in [3.63, 3.8) is 0 Å². The normalized spacial score (nSPS) is 27.0. The molecule has 0 saturated heterocycles. The molecule has 2 unspecified atom stereocenters. The number of aryl methyl sites for hydroxylation is 1. The summed E-state index contributed by atoms with van der Waals surface area (Å²) in [6.07, 6.45) is 4.41. The third kappa shape index (κ3) is 1.92. The molecule has 1 aromatic rings. The minimum Gasteiger partial charge on any atom is -0.425 e. The van der Waals surface area contributed by atoms with E-state index in [1.165, 1.54) is 19.3 Å². The van der Waals surface area contributed by atoms with Crippen LogP contribution in [0.3, 0.4) is 0 Å². The first kappa shape index (κ1) is 9.97. The number of hydrogen-bond acceptors (Lipinski definition) is 3. The van der Waals surface area contributed by atoms with Crippen LogP contribution in [0.4, 0.5) is 0 Å². The van der Waals surface area contributed by atoms with Gasteiger partial charge < -0.3 is 4.42 Å². The molecule has 0 N–H and O–H groups in total. The predicted molar refractivity (Wildman–Crippen MR) is 54.5 cm³/mol. The summed E-state index contributed by atoms with van der Waals surface area (Å²) in [5, 5.41) is 8.08. The van der Waals surface area contributed by atoms with E-state index in [2.05, 4.69) is 17.1 Å². The molecule has 1 fully saturated rings. The molecule has 0 amide bonds. The molecule has 1 aliphatic carbocycles. The Morgan fingerprint density at radius 3 is 2.93 bits per heavy atom. The molecular weight excluding hydrogens is 200 g/mol. The van der Waals surface area contributed by atoms with Gasteiger partial charge in [-0.3, -0.25) is 0 Å². The largest absolute Gasteiger partial charge is 0.425 e. The number of halogens is 1. The van der Waals surface area contributed by atoms with Gasteiger partial charge in [0.2, 0.25) is 11.8 Å². The summed E-state index contributed by atoms with van der Waals surface area (Å²) in [5.74, 6) is 3.19. The van der Waals surface area contributed by atoms with Crippen LogP contribution in [-0.2, 0) is 6.42 Å². The number of alkyl halides is 1. The monoisotopic (exact) mass is 214 g/mol. The first-order chi connectivity index (χ1) is 6.81. The van der Waals surface area contributed by atoms with Gasteiger partial charge in [-0.1, -0.05) is 13.3 Å². The highest BCUT2D eigenvalue weighted by atomic mass is 35.5. The lowest BCUT2D eigenvalue weighted by Gasteiger charge is -2.08. The van der Waals surface area contributed by atoms with Gasteiger partial charge in [-0.2, -0.15) is 0 Å². The van der Waals surface area contributed by atoms with Crippen LogP contribution in [0.5, 0.6) is 0 Å². The number of rotatable bonds is 3. The van der Waals surface area contributed by atoms with Gasteiger partial charge in [0.1, 0.15) is 0 Å². The Bertz CT molecular complexity index is 300. The third-order valence-corrected chi connectivity index (χ3v) is 3.16. The Labute approximate surface area is 88.9 Å². The van der Waals surface area contributed by atoms with Crippen molar-refractivity contribution >= 4 is 11.6 Å². The van der Waals surface area contributed by atoms with E-state index in [9.17, 15) is 0 Å². The van der Waals surface area contributed by atoms with Gasteiger partial charge in [0, 0.05) is 18.2 Å². The Morgan fingerprint density at radius 2 is 2.29 bits per heavy atom. The zero-order valence-electron chi connectivity index (χ0n) is 8.37. The zero-order chi connectivity index (χ0) is 9.97. The molecule has 1 aromatic heterocycles. The maximum absolute atomic E-state index is 5.61. The second-order valence-electron chi connectivity index (χ2n) is 3.99. The second-order valence-corrected chi connectivity index (χ2v) is 4.37. The first-order valence-corrected chi connectivity index (χ1v) is 5.73. The van der Waals surface area contributed by atoms with Crippen LogP contribution in [0.1, 0.15) is 43.9 Å². The minimum atomic E-state index is 0.478. The van der Waals surface area contributed by atoms with Crippen LogP contribution < -0.4 is 0 Å². The van der Waals surface area contributed by atoms with Crippen molar-refractivity contribution < 1.29 is 4.42 Å². The fraction of sp³-hybridized carbons (Fsp3) is 0.800. The highest BCUT2D eigenvalue weighted by Gasteiger charge is 2.29. The summed E-state index contributed by atoms with van der Waals surface area (Å²) in [4.78, 5) is 0. The van der Waals surface area contributed by atoms with Gasteiger partial charge in [0.25, 0.3) is 0 Å². The molecule has 14 heavy (non-hydrogen) atoms. The Balaban J connectivity index is 2.08. The van der Waals surface area contributed by atoms with E-state index in [1.807, 2.05) is 0 Å². The maximum atomic E-state index is 5.61. The van der Waals surface area contributed by atoms with Crippen molar-refractivity contribution in [2.45, 2.75) is 38.5 Å². The molecule has 1 aliphatic rings. The summed E-state index contributed by atoms with van der Waals surface area (Å²) in [5.41, 5.74) is 0. The number of hydrogen-bond donors (Lipinski definition) is 0. The Hall–Kier alpha value is -0.570. The molecule has 2 atom stereocenters. The maximum Gasteiger partial charge on any atom is 0.219 e. The Kier molecular flexibility index (Phi) is 3.06. The molecule has 0 spiro atoms. The van der Waals surface area contributed by atoms with Gasteiger partial charge >= 0.3 is 0 Å². The average molecular weight is 215 g/mol. The lowest BCUT2D eigenvalue weighted by molar-refractivity contribution is 0.382. The van der Waals surface area contributed by atoms with Crippen molar-refractivity contribution in [1.29, 1.82) is 0 Å². The SMILES string of the molecule is CC1CCCC1c1nnc(CCCl)o1. The molecule has 0 aliphatic heterocycles. The first-order valence-electron chi connectivity index (χ1n) is 5.19. The summed E-state index contributed by atoms with van der Waals surface area (Å²) in [6.45, 7) is 2.25. The molecule has 2 rings (SSSR count). The van der Waals surface area contributed by atoms with Crippen molar-refractivity contribution in [3.8, 4) is 0 Å². The van der Waals surface area contributed by atoms with Crippen molar-refractivity contribution in [2.75, 3.05) is 5.88 Å². The molecule has 4 heteroatoms. The smallest absolute Gasteiger partial charge is 0.219 e. The molecule has 78 valence electrons. The molecule has 0 radical (unpaired) electrons. The van der Waals surface area contributed by atoms with E-state index in [0.29, 0.717) is 30.0 Å². The highest BCUT2D eigenvalue weighted by Crippen LogP contribution is 2.38. The summed E-state index contributed by atoms with van der Waals surface area (Å²) in [7, 11) is 0. The van der Waals surface area contributed by atoms with Crippen LogP contribution in [0.25, 0.3) is 0 Å². The van der Waals surface area contributed by atoms with Crippen molar-refractivity contribution in [2.24, 2.45) is 5.92 Å². The van der Waals surface area contributed by atoms with E-state index >= 15 is 0 Å². The van der Waals surface area contributed by atoms with Crippen LogP contribution in [-0.4, -0.2) is 16.1 Å². The van der Waals surface area contributed by atoms with Gasteiger partial charge in [-0.05, 0) is 18.8 Å². The van der Waals surface area contributed by atoms with E-state index in [-0.39, 0.29) is 0 Å². The van der Waals surface area contributed by atoms with E-state index in [1.54, 1.807) is 0 Å². The minimum absolute atomic E-state index is 0.478. The van der Waals surface area contributed by atoms with E-state index in [0.717, 1.165) is 5.89 Å². The van der Waals surface area contributed by atoms with Crippen molar-refractivity contribution in [3.05, 3.63) is 11.8 Å². The second kappa shape index (κ2) is 4.30. The summed E-state index contributed by atoms with van der Waals surface area (Å²) < 4.78 is 5.57. The predicted octanol–water partition coefficient (Wildman–Crippen LogP) is 2.75. The highest BCUT2D eigenvalue weighted by molar-refractivity contribution is 6.17. The number of nitrogens with zero attached hydrogens (tertiary/aromatic N) is 2. The zero-order valence-corrected chi connectivity index (χ0v) is 9.13. The topological polar surface area (TPSA) is 38.9 Å². The standard InChI is InChI=1S/C10H15ClN2O/c1-7-3-2-4-8(7)10-13-12-9(14-10)5-6-11/h7-8H,2-6H2,1H3. The van der Waals surface area contributed by atoms with Crippen LogP contribution in [0.2, 0.25) is 0 Å². The van der Waals surface area contributed by atoms with Gasteiger partial charge in [0.05, 0.1) is 0 Å². The quantitative estimate of drug-likeness (QED) is 0.727. The van der Waals surface area contributed by atoms with Gasteiger partial charge in [0.15, 0.2) is 0 Å². The Morgan fingerprint density at radius 1 is 1.43 bits per heavy atom. The molecule has 1 heterocycles. The summed E-state index contributed by atoms with van der Waals surface area (Å²) >= 11 is 5.61. The van der Waals surface area contributed by atoms with Crippen LogP contribution in [0, 0.1) is 5.92 Å². The van der Waals surface area contributed by atoms with Gasteiger partial charge in [-0.25, -0.2) is 0 Å². The molecule has 1 saturated carbocycles. The van der Waals surface area contributed by atoms with Crippen molar-refractivity contribution in [1.82, 2.24) is 10.2 Å².